The Morgan fingerprint density at radius 1 is 1.50 bits per heavy atom. The standard InChI is InChI=1S/C8H16NP/c1-7-4-2-3-5-8(7)6-9-10/h2-3,7-9H,4-6,10H2,1H3. The molecule has 1 aliphatic rings. The lowest BCUT2D eigenvalue weighted by molar-refractivity contribution is 0.351. The smallest absolute Gasteiger partial charge is 0.00196 e. The van der Waals surface area contributed by atoms with E-state index in [1.807, 2.05) is 0 Å². The minimum absolute atomic E-state index is 0.850. The topological polar surface area (TPSA) is 12.0 Å². The Kier molecular flexibility index (Phi) is 3.37. The summed E-state index contributed by atoms with van der Waals surface area (Å²) in [6.07, 6.45) is 7.11. The molecule has 0 bridgehead atoms. The molecule has 0 radical (unpaired) electrons. The van der Waals surface area contributed by atoms with Gasteiger partial charge in [0, 0.05) is 6.54 Å². The quantitative estimate of drug-likeness (QED) is 0.477. The van der Waals surface area contributed by atoms with E-state index in [1.165, 1.54) is 12.8 Å². The second kappa shape index (κ2) is 4.10. The number of nitrogens with one attached hydrogen (secondary N) is 1. The van der Waals surface area contributed by atoms with Crippen molar-refractivity contribution in [2.75, 3.05) is 6.54 Å². The summed E-state index contributed by atoms with van der Waals surface area (Å²) in [6, 6.07) is 0. The van der Waals surface area contributed by atoms with Gasteiger partial charge < -0.3 is 5.09 Å². The van der Waals surface area contributed by atoms with Gasteiger partial charge in [-0.2, -0.15) is 0 Å². The molecular formula is C8H16NP. The first-order valence-corrected chi connectivity index (χ1v) is 4.50. The highest BCUT2D eigenvalue weighted by atomic mass is 31.0. The van der Waals surface area contributed by atoms with Crippen LogP contribution in [0.25, 0.3) is 0 Å². The van der Waals surface area contributed by atoms with Crippen molar-refractivity contribution in [3.8, 4) is 0 Å². The Bertz CT molecular complexity index is 122. The van der Waals surface area contributed by atoms with Gasteiger partial charge in [-0.05, 0) is 24.7 Å². The predicted molar refractivity (Wildman–Crippen MR) is 48.7 cm³/mol. The summed E-state index contributed by atoms with van der Waals surface area (Å²) >= 11 is 0. The molecule has 0 saturated carbocycles. The lowest BCUT2D eigenvalue weighted by atomic mass is 9.85. The van der Waals surface area contributed by atoms with Gasteiger partial charge in [-0.3, -0.25) is 0 Å². The van der Waals surface area contributed by atoms with E-state index in [-0.39, 0.29) is 0 Å². The molecule has 0 aromatic rings. The first-order valence-electron chi connectivity index (χ1n) is 3.93. The van der Waals surface area contributed by atoms with Crippen molar-refractivity contribution in [3.05, 3.63) is 12.2 Å². The Balaban J connectivity index is 2.35. The lowest BCUT2D eigenvalue weighted by Gasteiger charge is -2.24. The predicted octanol–water partition coefficient (Wildman–Crippen LogP) is 1.97. The molecule has 1 nitrogen and oxygen atoms in total. The molecule has 0 amide bonds. The van der Waals surface area contributed by atoms with Gasteiger partial charge in [-0.1, -0.05) is 28.5 Å². The van der Waals surface area contributed by atoms with E-state index < -0.39 is 0 Å². The normalized spacial score (nSPS) is 32.6. The van der Waals surface area contributed by atoms with Crippen molar-refractivity contribution < 1.29 is 0 Å². The molecule has 3 atom stereocenters. The van der Waals surface area contributed by atoms with Crippen molar-refractivity contribution in [1.29, 1.82) is 0 Å². The van der Waals surface area contributed by atoms with E-state index in [0.717, 1.165) is 18.4 Å². The molecule has 0 spiro atoms. The Hall–Kier alpha value is 0.130. The van der Waals surface area contributed by atoms with Crippen LogP contribution in [0.2, 0.25) is 0 Å². The largest absolute Gasteiger partial charge is 0.300 e. The summed E-state index contributed by atoms with van der Waals surface area (Å²) in [7, 11) is 2.57. The van der Waals surface area contributed by atoms with Gasteiger partial charge in [0.2, 0.25) is 0 Å². The molecule has 0 heterocycles. The molecule has 0 aliphatic heterocycles. The molecule has 3 unspecified atom stereocenters. The van der Waals surface area contributed by atoms with E-state index in [1.54, 1.807) is 0 Å². The van der Waals surface area contributed by atoms with Gasteiger partial charge in [0.15, 0.2) is 0 Å². The van der Waals surface area contributed by atoms with Crippen molar-refractivity contribution in [2.45, 2.75) is 19.8 Å². The molecular weight excluding hydrogens is 141 g/mol. The summed E-state index contributed by atoms with van der Waals surface area (Å²) in [5.41, 5.74) is 0. The summed E-state index contributed by atoms with van der Waals surface area (Å²) < 4.78 is 0. The molecule has 1 N–H and O–H groups in total. The van der Waals surface area contributed by atoms with Gasteiger partial charge in [-0.25, -0.2) is 0 Å². The zero-order valence-electron chi connectivity index (χ0n) is 6.51. The highest BCUT2D eigenvalue weighted by Gasteiger charge is 2.16. The molecule has 0 saturated heterocycles. The zero-order valence-corrected chi connectivity index (χ0v) is 7.66. The number of hydrogen-bond donors (Lipinski definition) is 1. The van der Waals surface area contributed by atoms with Gasteiger partial charge in [0.05, 0.1) is 0 Å². The number of hydrogen-bond acceptors (Lipinski definition) is 1. The summed E-state index contributed by atoms with van der Waals surface area (Å²) in [4.78, 5) is 0. The van der Waals surface area contributed by atoms with Crippen LogP contribution >= 0.6 is 9.39 Å². The molecule has 1 aliphatic carbocycles. The average Bonchev–Trinajstić information content (AvgIpc) is 1.94. The highest BCUT2D eigenvalue weighted by Crippen LogP contribution is 2.24. The van der Waals surface area contributed by atoms with Crippen LogP contribution in [0.5, 0.6) is 0 Å². The maximum atomic E-state index is 3.15. The third kappa shape index (κ3) is 2.07. The van der Waals surface area contributed by atoms with E-state index in [9.17, 15) is 0 Å². The van der Waals surface area contributed by atoms with Gasteiger partial charge in [0.1, 0.15) is 0 Å². The van der Waals surface area contributed by atoms with Crippen LogP contribution in [0, 0.1) is 11.8 Å². The van der Waals surface area contributed by atoms with Crippen LogP contribution in [0.1, 0.15) is 19.8 Å². The van der Waals surface area contributed by atoms with Crippen LogP contribution in [0.15, 0.2) is 12.2 Å². The highest BCUT2D eigenvalue weighted by molar-refractivity contribution is 7.13. The van der Waals surface area contributed by atoms with Gasteiger partial charge in [0.25, 0.3) is 0 Å². The monoisotopic (exact) mass is 157 g/mol. The lowest BCUT2D eigenvalue weighted by Crippen LogP contribution is -2.22. The molecule has 58 valence electrons. The molecule has 0 aromatic heterocycles. The molecule has 10 heavy (non-hydrogen) atoms. The number of allylic oxidation sites excluding steroid dienone is 2. The second-order valence-corrected chi connectivity index (χ2v) is 3.50. The first kappa shape index (κ1) is 8.23. The van der Waals surface area contributed by atoms with Crippen LogP contribution in [0.4, 0.5) is 0 Å². The third-order valence-corrected chi connectivity index (χ3v) is 2.53. The van der Waals surface area contributed by atoms with Gasteiger partial charge >= 0.3 is 0 Å². The van der Waals surface area contributed by atoms with Crippen molar-refractivity contribution in [2.24, 2.45) is 11.8 Å². The Morgan fingerprint density at radius 3 is 2.80 bits per heavy atom. The molecule has 0 aromatic carbocycles. The number of rotatable bonds is 2. The van der Waals surface area contributed by atoms with Crippen LogP contribution in [0.3, 0.4) is 0 Å². The molecule has 2 heteroatoms. The zero-order chi connectivity index (χ0) is 7.40. The Morgan fingerprint density at radius 2 is 2.20 bits per heavy atom. The fourth-order valence-electron chi connectivity index (χ4n) is 1.44. The molecule has 1 rings (SSSR count). The summed E-state index contributed by atoms with van der Waals surface area (Å²) in [6.45, 7) is 3.46. The molecule has 0 fully saturated rings. The van der Waals surface area contributed by atoms with E-state index in [4.69, 9.17) is 0 Å². The van der Waals surface area contributed by atoms with Crippen LogP contribution in [-0.4, -0.2) is 6.54 Å². The minimum atomic E-state index is 0.850. The maximum absolute atomic E-state index is 3.15. The van der Waals surface area contributed by atoms with E-state index >= 15 is 0 Å². The summed E-state index contributed by atoms with van der Waals surface area (Å²) in [5, 5.41) is 3.15. The Labute approximate surface area is 65.5 Å². The maximum Gasteiger partial charge on any atom is 0.00196 e. The van der Waals surface area contributed by atoms with Crippen molar-refractivity contribution >= 4 is 9.39 Å². The van der Waals surface area contributed by atoms with Crippen LogP contribution in [-0.2, 0) is 0 Å². The van der Waals surface area contributed by atoms with E-state index in [0.29, 0.717) is 0 Å². The average molecular weight is 157 g/mol. The SMILES string of the molecule is CC1CC=CCC1CNP. The van der Waals surface area contributed by atoms with Gasteiger partial charge in [-0.15, -0.1) is 0 Å². The fourth-order valence-corrected chi connectivity index (χ4v) is 1.75. The fraction of sp³-hybridized carbons (Fsp3) is 0.750. The van der Waals surface area contributed by atoms with E-state index in [2.05, 4.69) is 33.6 Å². The third-order valence-electron chi connectivity index (χ3n) is 2.30. The van der Waals surface area contributed by atoms with Crippen molar-refractivity contribution in [1.82, 2.24) is 5.09 Å². The van der Waals surface area contributed by atoms with Crippen molar-refractivity contribution in [3.63, 3.8) is 0 Å². The first-order chi connectivity index (χ1) is 4.84. The summed E-state index contributed by atoms with van der Waals surface area (Å²) in [5.74, 6) is 1.71. The minimum Gasteiger partial charge on any atom is -0.300 e. The van der Waals surface area contributed by atoms with Crippen LogP contribution < -0.4 is 5.09 Å². The second-order valence-electron chi connectivity index (χ2n) is 3.09.